The van der Waals surface area contributed by atoms with E-state index in [1.165, 1.54) is 32.1 Å². The van der Waals surface area contributed by atoms with Crippen LogP contribution in [0.5, 0.6) is 0 Å². The molecular formula is C15H23ClN2. The zero-order valence-electron chi connectivity index (χ0n) is 11.2. The molecule has 1 aliphatic carbocycles. The van der Waals surface area contributed by atoms with Crippen LogP contribution in [0.3, 0.4) is 0 Å². The van der Waals surface area contributed by atoms with Gasteiger partial charge in [-0.1, -0.05) is 36.9 Å². The summed E-state index contributed by atoms with van der Waals surface area (Å²) < 4.78 is 0. The molecule has 0 spiro atoms. The summed E-state index contributed by atoms with van der Waals surface area (Å²) in [5, 5.41) is 4.22. The molecule has 0 saturated heterocycles. The fraction of sp³-hybridized carbons (Fsp3) is 0.600. The second kappa shape index (κ2) is 7.01. The molecule has 2 nitrogen and oxygen atoms in total. The summed E-state index contributed by atoms with van der Waals surface area (Å²) in [6.07, 6.45) is 6.96. The highest BCUT2D eigenvalue weighted by Gasteiger charge is 2.17. The minimum atomic E-state index is 0.792. The highest BCUT2D eigenvalue weighted by Crippen LogP contribution is 2.21. The van der Waals surface area contributed by atoms with Crippen molar-refractivity contribution in [3.05, 3.63) is 29.3 Å². The molecule has 1 fully saturated rings. The SMILES string of the molecule is CN(CCNc1cccc(Cl)c1)C1CCCCC1. The number of benzene rings is 1. The molecule has 18 heavy (non-hydrogen) atoms. The Hall–Kier alpha value is -0.730. The van der Waals surface area contributed by atoms with Crippen molar-refractivity contribution in [1.82, 2.24) is 4.90 Å². The molecule has 0 aromatic heterocycles. The van der Waals surface area contributed by atoms with Crippen LogP contribution in [0.25, 0.3) is 0 Å². The van der Waals surface area contributed by atoms with E-state index in [0.717, 1.165) is 29.8 Å². The van der Waals surface area contributed by atoms with E-state index in [4.69, 9.17) is 11.6 Å². The predicted molar refractivity (Wildman–Crippen MR) is 79.4 cm³/mol. The van der Waals surface area contributed by atoms with Gasteiger partial charge in [-0.2, -0.15) is 0 Å². The van der Waals surface area contributed by atoms with E-state index in [-0.39, 0.29) is 0 Å². The molecule has 0 aliphatic heterocycles. The van der Waals surface area contributed by atoms with Gasteiger partial charge in [-0.15, -0.1) is 0 Å². The number of hydrogen-bond donors (Lipinski definition) is 1. The van der Waals surface area contributed by atoms with E-state index in [1.54, 1.807) is 0 Å². The number of likely N-dealkylation sites (N-methyl/N-ethyl adjacent to an activating group) is 1. The predicted octanol–water partition coefficient (Wildman–Crippen LogP) is 4.02. The zero-order valence-corrected chi connectivity index (χ0v) is 11.9. The van der Waals surface area contributed by atoms with Gasteiger partial charge in [0.1, 0.15) is 0 Å². The van der Waals surface area contributed by atoms with Crippen LogP contribution in [0, 0.1) is 0 Å². The molecular weight excluding hydrogens is 244 g/mol. The van der Waals surface area contributed by atoms with Crippen LogP contribution >= 0.6 is 11.6 Å². The number of halogens is 1. The number of nitrogens with one attached hydrogen (secondary N) is 1. The van der Waals surface area contributed by atoms with Gasteiger partial charge in [-0.05, 0) is 38.1 Å². The fourth-order valence-corrected chi connectivity index (χ4v) is 2.87. The summed E-state index contributed by atoms with van der Waals surface area (Å²) in [6.45, 7) is 2.07. The maximum absolute atomic E-state index is 5.96. The lowest BCUT2D eigenvalue weighted by Crippen LogP contribution is -2.36. The van der Waals surface area contributed by atoms with Crippen LogP contribution in [0.4, 0.5) is 5.69 Å². The Morgan fingerprint density at radius 2 is 2.06 bits per heavy atom. The third-order valence-corrected chi connectivity index (χ3v) is 4.05. The molecule has 1 aromatic carbocycles. The van der Waals surface area contributed by atoms with Crippen LogP contribution in [-0.4, -0.2) is 31.1 Å². The first kappa shape index (κ1) is 13.7. The standard InChI is InChI=1S/C15H23ClN2/c1-18(15-8-3-2-4-9-15)11-10-17-14-7-5-6-13(16)12-14/h5-7,12,15,17H,2-4,8-11H2,1H3. The molecule has 0 bridgehead atoms. The number of nitrogens with zero attached hydrogens (tertiary/aromatic N) is 1. The minimum Gasteiger partial charge on any atom is -0.384 e. The second-order valence-corrected chi connectivity index (χ2v) is 5.65. The quantitative estimate of drug-likeness (QED) is 0.866. The summed E-state index contributed by atoms with van der Waals surface area (Å²) in [5.41, 5.74) is 1.11. The van der Waals surface area contributed by atoms with Gasteiger partial charge in [-0.3, -0.25) is 0 Å². The van der Waals surface area contributed by atoms with Gasteiger partial charge in [0.05, 0.1) is 0 Å². The van der Waals surface area contributed by atoms with Crippen LogP contribution in [0.15, 0.2) is 24.3 Å². The Kier molecular flexibility index (Phi) is 5.33. The van der Waals surface area contributed by atoms with Gasteiger partial charge < -0.3 is 10.2 Å². The minimum absolute atomic E-state index is 0.792. The zero-order chi connectivity index (χ0) is 12.8. The van der Waals surface area contributed by atoms with Gasteiger partial charge in [0.2, 0.25) is 0 Å². The normalized spacial score (nSPS) is 17.1. The summed E-state index contributed by atoms with van der Waals surface area (Å²) >= 11 is 5.96. The molecule has 3 heteroatoms. The molecule has 0 unspecified atom stereocenters. The summed E-state index contributed by atoms with van der Waals surface area (Å²) in [7, 11) is 2.25. The van der Waals surface area contributed by atoms with Crippen molar-refractivity contribution in [2.75, 3.05) is 25.5 Å². The number of rotatable bonds is 5. The lowest BCUT2D eigenvalue weighted by atomic mass is 9.94. The molecule has 0 atom stereocenters. The monoisotopic (exact) mass is 266 g/mol. The van der Waals surface area contributed by atoms with Crippen molar-refractivity contribution >= 4 is 17.3 Å². The lowest BCUT2D eigenvalue weighted by molar-refractivity contribution is 0.198. The van der Waals surface area contributed by atoms with E-state index in [1.807, 2.05) is 18.2 Å². The third-order valence-electron chi connectivity index (χ3n) is 3.82. The van der Waals surface area contributed by atoms with Gasteiger partial charge >= 0.3 is 0 Å². The number of hydrogen-bond acceptors (Lipinski definition) is 2. The van der Waals surface area contributed by atoms with Crippen molar-refractivity contribution in [2.45, 2.75) is 38.1 Å². The van der Waals surface area contributed by atoms with Gasteiger partial charge in [-0.25, -0.2) is 0 Å². The van der Waals surface area contributed by atoms with Crippen LogP contribution in [0.2, 0.25) is 5.02 Å². The van der Waals surface area contributed by atoms with Gasteiger partial charge in [0.25, 0.3) is 0 Å². The highest BCUT2D eigenvalue weighted by atomic mass is 35.5. The molecule has 1 aromatic rings. The Balaban J connectivity index is 1.71. The second-order valence-electron chi connectivity index (χ2n) is 5.21. The highest BCUT2D eigenvalue weighted by molar-refractivity contribution is 6.30. The summed E-state index contributed by atoms with van der Waals surface area (Å²) in [4.78, 5) is 2.50. The smallest absolute Gasteiger partial charge is 0.0426 e. The van der Waals surface area contributed by atoms with Crippen LogP contribution in [-0.2, 0) is 0 Å². The van der Waals surface area contributed by atoms with Crippen LogP contribution < -0.4 is 5.32 Å². The number of anilines is 1. The molecule has 0 radical (unpaired) electrons. The van der Waals surface area contributed by atoms with E-state index >= 15 is 0 Å². The van der Waals surface area contributed by atoms with Crippen molar-refractivity contribution in [3.8, 4) is 0 Å². The van der Waals surface area contributed by atoms with E-state index in [9.17, 15) is 0 Å². The maximum Gasteiger partial charge on any atom is 0.0426 e. The first-order chi connectivity index (χ1) is 8.75. The fourth-order valence-electron chi connectivity index (χ4n) is 2.68. The molecule has 0 amide bonds. The largest absolute Gasteiger partial charge is 0.384 e. The molecule has 100 valence electrons. The molecule has 1 saturated carbocycles. The maximum atomic E-state index is 5.96. The third kappa shape index (κ3) is 4.18. The Morgan fingerprint density at radius 3 is 2.78 bits per heavy atom. The van der Waals surface area contributed by atoms with Crippen molar-refractivity contribution < 1.29 is 0 Å². The molecule has 1 aliphatic rings. The summed E-state index contributed by atoms with van der Waals surface area (Å²) in [6, 6.07) is 8.71. The molecule has 2 rings (SSSR count). The molecule has 0 heterocycles. The van der Waals surface area contributed by atoms with Crippen LogP contribution in [0.1, 0.15) is 32.1 Å². The lowest BCUT2D eigenvalue weighted by Gasteiger charge is -2.31. The van der Waals surface area contributed by atoms with Gasteiger partial charge in [0, 0.05) is 29.8 Å². The first-order valence-electron chi connectivity index (χ1n) is 6.95. The Bertz CT molecular complexity index is 361. The first-order valence-corrected chi connectivity index (χ1v) is 7.33. The Morgan fingerprint density at radius 1 is 1.28 bits per heavy atom. The topological polar surface area (TPSA) is 15.3 Å². The molecule has 1 N–H and O–H groups in total. The average Bonchev–Trinajstić information content (AvgIpc) is 2.40. The summed E-state index contributed by atoms with van der Waals surface area (Å²) in [5.74, 6) is 0. The van der Waals surface area contributed by atoms with Crippen molar-refractivity contribution in [2.24, 2.45) is 0 Å². The van der Waals surface area contributed by atoms with E-state index < -0.39 is 0 Å². The van der Waals surface area contributed by atoms with E-state index in [2.05, 4.69) is 23.3 Å². The van der Waals surface area contributed by atoms with Crippen molar-refractivity contribution in [1.29, 1.82) is 0 Å². The average molecular weight is 267 g/mol. The van der Waals surface area contributed by atoms with Gasteiger partial charge in [0.15, 0.2) is 0 Å². The Labute approximate surface area is 115 Å². The van der Waals surface area contributed by atoms with E-state index in [0.29, 0.717) is 0 Å². The van der Waals surface area contributed by atoms with Crippen molar-refractivity contribution in [3.63, 3.8) is 0 Å².